The summed E-state index contributed by atoms with van der Waals surface area (Å²) in [5, 5.41) is 15.8. The molecule has 1 aromatic rings. The number of hydrogen-bond donors (Lipinski definition) is 1. The molecule has 1 atom stereocenters. The molecule has 8 nitrogen and oxygen atoms in total. The van der Waals surface area contributed by atoms with E-state index < -0.39 is 41.5 Å². The number of carboxylic acid groups (broad SMARTS) is 1. The topological polar surface area (TPSA) is 97.5 Å². The van der Waals surface area contributed by atoms with Crippen molar-refractivity contribution >= 4 is 12.1 Å². The van der Waals surface area contributed by atoms with Crippen molar-refractivity contribution in [1.29, 1.82) is 0 Å². The third-order valence-electron chi connectivity index (χ3n) is 3.30. The Labute approximate surface area is 131 Å². The first kappa shape index (κ1) is 17.1. The second-order valence-electron chi connectivity index (χ2n) is 6.24. The van der Waals surface area contributed by atoms with Crippen LogP contribution in [0.5, 0.6) is 0 Å². The van der Waals surface area contributed by atoms with E-state index in [1.165, 1.54) is 4.90 Å². The highest BCUT2D eigenvalue weighted by Crippen LogP contribution is 2.29. The molecule has 0 bridgehead atoms. The van der Waals surface area contributed by atoms with Gasteiger partial charge < -0.3 is 14.7 Å². The van der Waals surface area contributed by atoms with Crippen LogP contribution in [-0.4, -0.2) is 55.8 Å². The van der Waals surface area contributed by atoms with E-state index in [0.717, 1.165) is 4.68 Å². The van der Waals surface area contributed by atoms with Crippen molar-refractivity contribution in [3.05, 3.63) is 11.4 Å². The molecule has 0 saturated carbocycles. The predicted octanol–water partition coefficient (Wildman–Crippen LogP) is 2.10. The number of nitrogens with zero attached hydrogens (tertiary/aromatic N) is 4. The molecule has 1 aromatic heterocycles. The van der Waals surface area contributed by atoms with Crippen molar-refractivity contribution in [2.45, 2.75) is 45.3 Å². The number of ether oxygens (including phenoxy) is 1. The summed E-state index contributed by atoms with van der Waals surface area (Å²) in [7, 11) is 0. The van der Waals surface area contributed by atoms with E-state index in [9.17, 15) is 18.4 Å². The highest BCUT2D eigenvalue weighted by Gasteiger charge is 2.35. The van der Waals surface area contributed by atoms with Gasteiger partial charge in [0.2, 0.25) is 0 Å². The van der Waals surface area contributed by atoms with E-state index in [4.69, 9.17) is 9.84 Å². The molecule has 0 unspecified atom stereocenters. The van der Waals surface area contributed by atoms with E-state index >= 15 is 0 Å². The third kappa shape index (κ3) is 3.74. The molecule has 1 saturated heterocycles. The molecule has 0 aliphatic carbocycles. The standard InChI is InChI=1S/C13H18F2N4O4/c1-13(2,3)23-12(22)18-5-4-7(6-18)19-9(10(14)15)8(11(20)21)16-17-19/h7,10H,4-6H2,1-3H3,(H,20,21)/t7-/m1/s1. The number of carboxylic acids is 1. The van der Waals surface area contributed by atoms with Gasteiger partial charge in [-0.25, -0.2) is 23.1 Å². The summed E-state index contributed by atoms with van der Waals surface area (Å²) in [6, 6.07) is -0.563. The fourth-order valence-corrected chi connectivity index (χ4v) is 2.36. The molecule has 1 aliphatic heterocycles. The van der Waals surface area contributed by atoms with Crippen molar-refractivity contribution in [2.24, 2.45) is 0 Å². The summed E-state index contributed by atoms with van der Waals surface area (Å²) in [6.07, 6.45) is -3.20. The number of rotatable bonds is 3. The number of carbonyl (C=O) groups excluding carboxylic acids is 1. The molecule has 0 radical (unpaired) electrons. The summed E-state index contributed by atoms with van der Waals surface area (Å²) in [5.41, 5.74) is -2.17. The molecule has 1 aliphatic rings. The Kier molecular flexibility index (Phi) is 4.53. The van der Waals surface area contributed by atoms with Crippen LogP contribution in [0.4, 0.5) is 13.6 Å². The molecule has 1 N–H and O–H groups in total. The molecule has 0 aromatic carbocycles. The maximum absolute atomic E-state index is 13.1. The van der Waals surface area contributed by atoms with E-state index in [1.54, 1.807) is 20.8 Å². The lowest BCUT2D eigenvalue weighted by atomic mass is 10.2. The molecular formula is C13H18F2N4O4. The van der Waals surface area contributed by atoms with Gasteiger partial charge >= 0.3 is 12.1 Å². The zero-order valence-corrected chi connectivity index (χ0v) is 13.0. The van der Waals surface area contributed by atoms with Crippen LogP contribution in [0, 0.1) is 0 Å². The third-order valence-corrected chi connectivity index (χ3v) is 3.30. The molecule has 0 spiro atoms. The Balaban J connectivity index is 2.16. The second kappa shape index (κ2) is 6.09. The first-order valence-corrected chi connectivity index (χ1v) is 7.04. The van der Waals surface area contributed by atoms with Gasteiger partial charge in [-0.15, -0.1) is 5.10 Å². The molecule has 128 valence electrons. The molecular weight excluding hydrogens is 314 g/mol. The van der Waals surface area contributed by atoms with Crippen molar-refractivity contribution in [2.75, 3.05) is 13.1 Å². The van der Waals surface area contributed by atoms with Crippen LogP contribution in [-0.2, 0) is 4.74 Å². The lowest BCUT2D eigenvalue weighted by Crippen LogP contribution is -2.35. The van der Waals surface area contributed by atoms with Crippen LogP contribution in [0.15, 0.2) is 0 Å². The van der Waals surface area contributed by atoms with Crippen molar-refractivity contribution in [3.8, 4) is 0 Å². The van der Waals surface area contributed by atoms with Crippen LogP contribution in [0.3, 0.4) is 0 Å². The van der Waals surface area contributed by atoms with E-state index in [0.29, 0.717) is 13.0 Å². The summed E-state index contributed by atoms with van der Waals surface area (Å²) < 4.78 is 32.4. The van der Waals surface area contributed by atoms with E-state index in [1.807, 2.05) is 0 Å². The van der Waals surface area contributed by atoms with Gasteiger partial charge in [-0.3, -0.25) is 0 Å². The Morgan fingerprint density at radius 2 is 2.04 bits per heavy atom. The fourth-order valence-electron chi connectivity index (χ4n) is 2.36. The highest BCUT2D eigenvalue weighted by molar-refractivity contribution is 5.86. The number of amides is 1. The van der Waals surface area contributed by atoms with Gasteiger partial charge in [-0.1, -0.05) is 5.21 Å². The van der Waals surface area contributed by atoms with E-state index in [-0.39, 0.29) is 6.54 Å². The molecule has 1 fully saturated rings. The zero-order chi connectivity index (χ0) is 17.4. The SMILES string of the molecule is CC(C)(C)OC(=O)N1CC[C@@H](n2nnc(C(=O)O)c2C(F)F)C1. The molecule has 23 heavy (non-hydrogen) atoms. The van der Waals surface area contributed by atoms with Crippen molar-refractivity contribution < 1.29 is 28.2 Å². The first-order chi connectivity index (χ1) is 10.6. The average molecular weight is 332 g/mol. The van der Waals surface area contributed by atoms with Crippen LogP contribution in [0.1, 0.15) is 55.8 Å². The zero-order valence-electron chi connectivity index (χ0n) is 13.0. The second-order valence-corrected chi connectivity index (χ2v) is 6.24. The number of halogens is 2. The van der Waals surface area contributed by atoms with Crippen LogP contribution < -0.4 is 0 Å². The number of likely N-dealkylation sites (tertiary alicyclic amines) is 1. The summed E-state index contributed by atoms with van der Waals surface area (Å²) in [4.78, 5) is 24.3. The van der Waals surface area contributed by atoms with Crippen LogP contribution >= 0.6 is 0 Å². The van der Waals surface area contributed by atoms with Gasteiger partial charge in [0.25, 0.3) is 6.43 Å². The Morgan fingerprint density at radius 3 is 2.57 bits per heavy atom. The number of carbonyl (C=O) groups is 2. The fraction of sp³-hybridized carbons (Fsp3) is 0.692. The van der Waals surface area contributed by atoms with Gasteiger partial charge in [0, 0.05) is 13.1 Å². The minimum absolute atomic E-state index is 0.108. The van der Waals surface area contributed by atoms with Gasteiger partial charge in [0.05, 0.1) is 6.04 Å². The normalized spacial score (nSPS) is 18.5. The van der Waals surface area contributed by atoms with Crippen LogP contribution in [0.2, 0.25) is 0 Å². The van der Waals surface area contributed by atoms with Gasteiger partial charge in [-0.05, 0) is 27.2 Å². The first-order valence-electron chi connectivity index (χ1n) is 7.04. The Bertz CT molecular complexity index is 612. The molecule has 1 amide bonds. The largest absolute Gasteiger partial charge is 0.476 e. The van der Waals surface area contributed by atoms with Gasteiger partial charge in [0.15, 0.2) is 5.69 Å². The maximum Gasteiger partial charge on any atom is 0.410 e. The summed E-state index contributed by atoms with van der Waals surface area (Å²) >= 11 is 0. The van der Waals surface area contributed by atoms with Crippen molar-refractivity contribution in [1.82, 2.24) is 19.9 Å². The van der Waals surface area contributed by atoms with Gasteiger partial charge in [-0.2, -0.15) is 0 Å². The number of alkyl halides is 2. The van der Waals surface area contributed by atoms with Crippen LogP contribution in [0.25, 0.3) is 0 Å². The summed E-state index contributed by atoms with van der Waals surface area (Å²) in [5.74, 6) is -1.56. The molecule has 2 heterocycles. The minimum atomic E-state index is -3.02. The smallest absolute Gasteiger partial charge is 0.410 e. The summed E-state index contributed by atoms with van der Waals surface area (Å²) in [6.45, 7) is 5.60. The average Bonchev–Trinajstić information content (AvgIpc) is 3.03. The number of aromatic carboxylic acids is 1. The van der Waals surface area contributed by atoms with E-state index in [2.05, 4.69) is 10.3 Å². The number of aromatic nitrogens is 3. The Hall–Kier alpha value is -2.26. The molecule has 10 heteroatoms. The minimum Gasteiger partial charge on any atom is -0.476 e. The molecule has 2 rings (SSSR count). The monoisotopic (exact) mass is 332 g/mol. The highest BCUT2D eigenvalue weighted by atomic mass is 19.3. The predicted molar refractivity (Wildman–Crippen MR) is 73.4 cm³/mol. The lowest BCUT2D eigenvalue weighted by molar-refractivity contribution is 0.0287. The lowest BCUT2D eigenvalue weighted by Gasteiger charge is -2.24. The van der Waals surface area contributed by atoms with Crippen molar-refractivity contribution in [3.63, 3.8) is 0 Å². The maximum atomic E-state index is 13.1. The van der Waals surface area contributed by atoms with Gasteiger partial charge in [0.1, 0.15) is 11.3 Å². The quantitative estimate of drug-likeness (QED) is 0.910. The Morgan fingerprint density at radius 1 is 1.39 bits per heavy atom. The number of hydrogen-bond acceptors (Lipinski definition) is 5.